The van der Waals surface area contributed by atoms with Crippen molar-refractivity contribution in [2.24, 2.45) is 23.3 Å². The van der Waals surface area contributed by atoms with Gasteiger partial charge in [-0.15, -0.1) is 0 Å². The van der Waals surface area contributed by atoms with Gasteiger partial charge in [0.2, 0.25) is 11.9 Å². The lowest BCUT2D eigenvalue weighted by atomic mass is 9.49. The number of nitriles is 1. The number of alkyl halides is 2. The van der Waals surface area contributed by atoms with Crippen LogP contribution in [0.1, 0.15) is 124 Å². The fourth-order valence-electron chi connectivity index (χ4n) is 13.6. The van der Waals surface area contributed by atoms with E-state index in [1.165, 1.54) is 0 Å². The van der Waals surface area contributed by atoms with E-state index >= 15 is 0 Å². The van der Waals surface area contributed by atoms with E-state index in [0.29, 0.717) is 71.1 Å². The summed E-state index contributed by atoms with van der Waals surface area (Å²) in [6.45, 7) is 15.4. The van der Waals surface area contributed by atoms with Crippen LogP contribution in [0.15, 0.2) is 55.1 Å². The van der Waals surface area contributed by atoms with Gasteiger partial charge in [0.05, 0.1) is 34.9 Å². The molecule has 72 heavy (non-hydrogen) atoms. The normalized spacial score (nSPS) is 22.5. The first-order valence-electron chi connectivity index (χ1n) is 25.5. The summed E-state index contributed by atoms with van der Waals surface area (Å²) in [5.74, 6) is 1.82. The minimum Gasteiger partial charge on any atom is -0.489 e. The minimum absolute atomic E-state index is 0.0129. The fourth-order valence-corrected chi connectivity index (χ4v) is 13.8. The molecule has 0 radical (unpaired) electrons. The number of aromatic nitrogens is 6. The number of nitrogens with one attached hydrogen (secondary N) is 1. The molecule has 1 spiro atoms. The van der Waals surface area contributed by atoms with Gasteiger partial charge in [0.1, 0.15) is 17.9 Å². The Morgan fingerprint density at radius 1 is 0.958 bits per heavy atom. The van der Waals surface area contributed by atoms with Gasteiger partial charge in [-0.1, -0.05) is 39.3 Å². The zero-order chi connectivity index (χ0) is 50.4. The third-order valence-corrected chi connectivity index (χ3v) is 17.4. The second-order valence-corrected chi connectivity index (χ2v) is 22.9. The predicted molar refractivity (Wildman–Crippen MR) is 270 cm³/mol. The van der Waals surface area contributed by atoms with E-state index in [2.05, 4.69) is 63.6 Å². The van der Waals surface area contributed by atoms with Crippen molar-refractivity contribution in [1.29, 1.82) is 5.26 Å². The topological polar surface area (TPSA) is 154 Å². The highest BCUT2D eigenvalue weighted by molar-refractivity contribution is 6.31. The molecule has 2 saturated carbocycles. The number of carbonyl (C=O) groups excluding carboxylic acids is 2. The average Bonchev–Trinajstić information content (AvgIpc) is 4.11. The molecule has 0 bridgehead atoms. The monoisotopic (exact) mass is 1000 g/mol. The molecule has 2 amide bonds. The Labute approximate surface area is 424 Å². The number of hydrogen-bond donors (Lipinski definition) is 1. The number of ether oxygens (including phenoxy) is 1. The summed E-state index contributed by atoms with van der Waals surface area (Å²) in [5.41, 5.74) is 5.40. The molecule has 15 nitrogen and oxygen atoms in total. The maximum atomic E-state index is 14.8. The van der Waals surface area contributed by atoms with Crippen LogP contribution in [0.3, 0.4) is 0 Å². The van der Waals surface area contributed by atoms with Crippen molar-refractivity contribution in [3.8, 4) is 22.9 Å². The molecule has 0 atom stereocenters. The molecule has 4 fully saturated rings. The Bertz CT molecular complexity index is 2950. The second-order valence-electron chi connectivity index (χ2n) is 22.5. The summed E-state index contributed by atoms with van der Waals surface area (Å²) in [7, 11) is 1.79. The van der Waals surface area contributed by atoms with Crippen LogP contribution in [0.25, 0.3) is 11.1 Å². The largest absolute Gasteiger partial charge is 0.489 e. The van der Waals surface area contributed by atoms with Crippen molar-refractivity contribution >= 4 is 40.9 Å². The van der Waals surface area contributed by atoms with Crippen molar-refractivity contribution in [1.82, 2.24) is 44.6 Å². The molecule has 378 valence electrons. The number of halogens is 3. The van der Waals surface area contributed by atoms with E-state index in [4.69, 9.17) is 31.4 Å². The first kappa shape index (κ1) is 48.2. The van der Waals surface area contributed by atoms with E-state index in [9.17, 15) is 23.6 Å². The summed E-state index contributed by atoms with van der Waals surface area (Å²) in [4.78, 5) is 44.7. The molecule has 6 aliphatic rings. The average molecular weight is 1000 g/mol. The van der Waals surface area contributed by atoms with E-state index in [1.54, 1.807) is 67.7 Å². The number of hydrogen-bond acceptors (Lipinski definition) is 11. The number of rotatable bonds is 10. The van der Waals surface area contributed by atoms with Gasteiger partial charge in [0.25, 0.3) is 12.3 Å². The maximum Gasteiger partial charge on any atom is 0.264 e. The summed E-state index contributed by atoms with van der Waals surface area (Å²) in [6, 6.07) is 11.3. The Morgan fingerprint density at radius 2 is 1.71 bits per heavy atom. The minimum atomic E-state index is -2.66. The molecule has 11 rings (SSSR count). The molecule has 4 aliphatic heterocycles. The molecule has 7 heterocycles. The lowest BCUT2D eigenvalue weighted by molar-refractivity contribution is -0.164. The molecule has 18 heteroatoms. The van der Waals surface area contributed by atoms with Crippen LogP contribution in [0.5, 0.6) is 5.75 Å². The summed E-state index contributed by atoms with van der Waals surface area (Å²) in [5, 5.41) is 22.5. The number of fused-ring (bicyclic) bond motifs is 2. The van der Waals surface area contributed by atoms with Gasteiger partial charge in [0.15, 0.2) is 5.82 Å². The van der Waals surface area contributed by atoms with Gasteiger partial charge in [-0.25, -0.2) is 18.7 Å². The number of nitrogens with zero attached hydrogens (tertiary/aromatic N) is 11. The molecule has 2 saturated heterocycles. The van der Waals surface area contributed by atoms with E-state index in [-0.39, 0.29) is 41.0 Å². The van der Waals surface area contributed by atoms with Gasteiger partial charge in [-0.05, 0) is 85.8 Å². The Balaban J connectivity index is 0.713. The molecule has 2 aromatic carbocycles. The van der Waals surface area contributed by atoms with Crippen molar-refractivity contribution in [3.05, 3.63) is 93.7 Å². The van der Waals surface area contributed by atoms with E-state index in [1.807, 2.05) is 11.0 Å². The molecule has 1 N–H and O–H groups in total. The molecule has 3 aromatic heterocycles. The zero-order valence-corrected chi connectivity index (χ0v) is 42.7. The Hall–Kier alpha value is -6.12. The van der Waals surface area contributed by atoms with E-state index in [0.717, 1.165) is 99.5 Å². The smallest absolute Gasteiger partial charge is 0.264 e. The lowest BCUT2D eigenvalue weighted by Crippen LogP contribution is -2.74. The molecular formula is C54H63ClF2N12O3. The van der Waals surface area contributed by atoms with Crippen LogP contribution < -0.4 is 19.9 Å². The van der Waals surface area contributed by atoms with E-state index < -0.39 is 17.3 Å². The highest BCUT2D eigenvalue weighted by atomic mass is 35.5. The van der Waals surface area contributed by atoms with Gasteiger partial charge in [-0.2, -0.15) is 15.5 Å². The number of aryl methyl sites for hydroxylation is 2. The standard InChI is InChI=1S/C54H63ClF2N12O3/c1-32(70)66-18-13-44-42(30-66)47(68-15-7-8-33-20-40(36-28-61-64(6)29-36)41(46(56)57)22-45(33)68)63-69(44)37-11-16-65(17-12-37)38-23-54(24-38)14-19-67(31-54)51-59-26-35(27-60-51)48(71)62-49-52(2,3)50(53(49,4)5)72-39-10-9-34(25-58)43(55)21-39/h9-10,20-22,26-29,37-38,46,49-50H,7-8,11-19,23-24,30-31H2,1-6H3,(H,62,71). The molecular weight excluding hydrogens is 938 g/mol. The first-order valence-corrected chi connectivity index (χ1v) is 25.9. The lowest BCUT2D eigenvalue weighted by Gasteiger charge is -2.63. The van der Waals surface area contributed by atoms with Crippen molar-refractivity contribution in [2.75, 3.05) is 49.1 Å². The number of amides is 2. The number of carbonyl (C=O) groups is 2. The van der Waals surface area contributed by atoms with Crippen molar-refractivity contribution < 1.29 is 23.1 Å². The highest BCUT2D eigenvalue weighted by Crippen LogP contribution is 2.56. The van der Waals surface area contributed by atoms with Crippen LogP contribution in [0.2, 0.25) is 5.02 Å². The summed E-state index contributed by atoms with van der Waals surface area (Å²) in [6.07, 6.45) is 11.4. The van der Waals surface area contributed by atoms with Crippen LogP contribution in [-0.2, 0) is 31.2 Å². The van der Waals surface area contributed by atoms with Gasteiger partial charge in [-0.3, -0.25) is 19.0 Å². The Morgan fingerprint density at radius 3 is 2.38 bits per heavy atom. The Kier molecular flexibility index (Phi) is 12.1. The summed E-state index contributed by atoms with van der Waals surface area (Å²) >= 11 is 6.28. The second kappa shape index (κ2) is 18.1. The van der Waals surface area contributed by atoms with Crippen LogP contribution in [-0.4, -0.2) is 109 Å². The van der Waals surface area contributed by atoms with Crippen LogP contribution in [0.4, 0.5) is 26.2 Å². The number of piperidine rings is 1. The quantitative estimate of drug-likeness (QED) is 0.143. The SMILES string of the molecule is CC(=O)N1CCc2c(c(N3CCCc4cc(-c5cnn(C)c5)c(C(F)F)cc43)nn2C2CCN(C3CC4(CCN(c5ncc(C(=O)NC6C(C)(C)C(Oc7ccc(C#N)c(Cl)c7)C6(C)C)cn5)C4)C3)CC2)C1. The predicted octanol–water partition coefficient (Wildman–Crippen LogP) is 8.83. The first-order chi connectivity index (χ1) is 34.4. The van der Waals surface area contributed by atoms with Crippen molar-refractivity contribution in [3.63, 3.8) is 0 Å². The van der Waals surface area contributed by atoms with Crippen molar-refractivity contribution in [2.45, 2.75) is 123 Å². The molecule has 5 aromatic rings. The van der Waals surface area contributed by atoms with Crippen LogP contribution in [0, 0.1) is 27.6 Å². The third kappa shape index (κ3) is 8.35. The number of benzene rings is 2. The summed E-state index contributed by atoms with van der Waals surface area (Å²) < 4.78 is 39.9. The number of anilines is 3. The zero-order valence-electron chi connectivity index (χ0n) is 42.0. The van der Waals surface area contributed by atoms with Crippen LogP contribution >= 0.6 is 11.6 Å². The maximum absolute atomic E-state index is 14.8. The third-order valence-electron chi connectivity index (χ3n) is 17.1. The van der Waals surface area contributed by atoms with Gasteiger partial charge < -0.3 is 29.7 Å². The molecule has 0 unspecified atom stereocenters. The molecule has 2 aliphatic carbocycles. The fraction of sp³-hybridized carbons (Fsp3) is 0.537. The highest BCUT2D eigenvalue weighted by Gasteiger charge is 2.64. The number of likely N-dealkylation sites (tertiary alicyclic amines) is 1. The van der Waals surface area contributed by atoms with Gasteiger partial charge >= 0.3 is 0 Å². The van der Waals surface area contributed by atoms with Gasteiger partial charge in [0, 0.05) is 135 Å².